The highest BCUT2D eigenvalue weighted by Gasteiger charge is 2.48. The molecule has 3 atom stereocenters. The lowest BCUT2D eigenvalue weighted by atomic mass is 9.61. The third-order valence-corrected chi connectivity index (χ3v) is 11.8. The van der Waals surface area contributed by atoms with E-state index in [1.807, 2.05) is 12.3 Å². The van der Waals surface area contributed by atoms with Gasteiger partial charge in [-0.3, -0.25) is 0 Å². The van der Waals surface area contributed by atoms with Crippen LogP contribution in [0.4, 0.5) is 11.5 Å². The fourth-order valence-electron chi connectivity index (χ4n) is 9.44. The number of likely N-dealkylation sites (N-methyl/N-ethyl adjacent to an activating group) is 1. The second kappa shape index (κ2) is 10.7. The van der Waals surface area contributed by atoms with E-state index in [4.69, 9.17) is 35.2 Å². The fraction of sp³-hybridized carbons (Fsp3) is 0.571. The second-order valence-electron chi connectivity index (χ2n) is 14.6. The first-order chi connectivity index (χ1) is 22.9. The lowest BCUT2D eigenvalue weighted by molar-refractivity contribution is -0.0743. The molecule has 6 heterocycles. The molecule has 2 spiro atoms. The Labute approximate surface area is 274 Å². The second-order valence-corrected chi connectivity index (χ2v) is 14.6. The first kappa shape index (κ1) is 29.1. The monoisotopic (exact) mass is 634 g/mol. The van der Waals surface area contributed by atoms with Crippen molar-refractivity contribution < 1.29 is 9.26 Å². The maximum atomic E-state index is 10.3. The molecule has 244 valence electrons. The minimum absolute atomic E-state index is 0.0559. The summed E-state index contributed by atoms with van der Waals surface area (Å²) in [4.78, 5) is 15.4. The first-order valence-corrected chi connectivity index (χ1v) is 17.3. The quantitative estimate of drug-likeness (QED) is 0.317. The maximum Gasteiger partial charge on any atom is 0.186 e. The van der Waals surface area contributed by atoms with Gasteiger partial charge in [0.05, 0.1) is 47.4 Å². The van der Waals surface area contributed by atoms with Gasteiger partial charge in [0.15, 0.2) is 22.9 Å². The third-order valence-electron chi connectivity index (χ3n) is 11.8. The number of nitrogens with one attached hydrogen (secondary N) is 1. The van der Waals surface area contributed by atoms with Crippen LogP contribution in [0.2, 0.25) is 0 Å². The third kappa shape index (κ3) is 4.29. The standard InChI is InChI=1S/C35H42N10O2/c1-21(27-8-5-14-43(27)2)45-33-25(17-39-45)32(44-15-13-38-34(18-44)19-46-20-34)40-31(41-33)29-23-7-4-12-35(30(23)47-42-29)11-3-6-22-9-10-26(37)24(16-36)28(22)35/h9-10,17,21,27,38H,3-8,11-15,18-20,37H2,1-2H3. The molecular formula is C35H42N10O2. The Balaban J connectivity index is 1.21. The van der Waals surface area contributed by atoms with E-state index in [0.29, 0.717) is 42.0 Å². The predicted molar refractivity (Wildman–Crippen MR) is 177 cm³/mol. The van der Waals surface area contributed by atoms with E-state index < -0.39 is 5.41 Å². The van der Waals surface area contributed by atoms with Crippen molar-refractivity contribution in [3.8, 4) is 17.6 Å². The van der Waals surface area contributed by atoms with E-state index in [0.717, 1.165) is 105 Å². The number of aryl methyl sites for hydroxylation is 1. The van der Waals surface area contributed by atoms with Crippen molar-refractivity contribution in [3.05, 3.63) is 46.3 Å². The molecule has 12 nitrogen and oxygen atoms in total. The Hall–Kier alpha value is -4.05. The van der Waals surface area contributed by atoms with Crippen molar-refractivity contribution in [1.29, 1.82) is 5.26 Å². The topological polar surface area (TPSA) is 147 Å². The highest BCUT2D eigenvalue weighted by molar-refractivity contribution is 5.89. The molecule has 1 aromatic carbocycles. The molecule has 3 saturated heterocycles. The lowest BCUT2D eigenvalue weighted by Gasteiger charge is -2.49. The molecule has 47 heavy (non-hydrogen) atoms. The zero-order valence-electron chi connectivity index (χ0n) is 27.3. The van der Waals surface area contributed by atoms with Gasteiger partial charge in [0.2, 0.25) is 0 Å². The molecule has 3 N–H and O–H groups in total. The largest absolute Gasteiger partial charge is 0.398 e. The molecule has 3 aromatic heterocycles. The molecule has 3 unspecified atom stereocenters. The van der Waals surface area contributed by atoms with Crippen LogP contribution >= 0.6 is 0 Å². The van der Waals surface area contributed by atoms with Crippen LogP contribution in [0, 0.1) is 11.3 Å². The minimum Gasteiger partial charge on any atom is -0.398 e. The summed E-state index contributed by atoms with van der Waals surface area (Å²) in [6, 6.07) is 6.95. The summed E-state index contributed by atoms with van der Waals surface area (Å²) in [7, 11) is 2.21. The van der Waals surface area contributed by atoms with E-state index in [9.17, 15) is 5.26 Å². The summed E-state index contributed by atoms with van der Waals surface area (Å²) in [6.07, 6.45) is 9.81. The summed E-state index contributed by atoms with van der Waals surface area (Å²) in [5.41, 5.74) is 11.8. The van der Waals surface area contributed by atoms with Crippen molar-refractivity contribution >= 4 is 22.5 Å². The number of aromatic nitrogens is 5. The van der Waals surface area contributed by atoms with Crippen molar-refractivity contribution in [2.45, 2.75) is 81.3 Å². The number of nitriles is 1. The molecule has 5 aliphatic rings. The molecule has 0 bridgehead atoms. The number of ether oxygens (including phenoxy) is 1. The van der Waals surface area contributed by atoms with Gasteiger partial charge < -0.3 is 30.1 Å². The van der Waals surface area contributed by atoms with Gasteiger partial charge in [-0.1, -0.05) is 11.2 Å². The molecular weight excluding hydrogens is 592 g/mol. The van der Waals surface area contributed by atoms with Gasteiger partial charge >= 0.3 is 0 Å². The molecule has 12 heteroatoms. The molecule has 0 saturated carbocycles. The molecule has 3 fully saturated rings. The van der Waals surface area contributed by atoms with Crippen LogP contribution in [0.15, 0.2) is 22.9 Å². The molecule has 4 aromatic rings. The summed E-state index contributed by atoms with van der Waals surface area (Å²) < 4.78 is 14.1. The van der Waals surface area contributed by atoms with Gasteiger partial charge in [0.1, 0.15) is 11.9 Å². The first-order valence-electron chi connectivity index (χ1n) is 17.3. The van der Waals surface area contributed by atoms with Gasteiger partial charge in [-0.05, 0) is 89.1 Å². The number of rotatable bonds is 4. The Morgan fingerprint density at radius 2 is 1.98 bits per heavy atom. The van der Waals surface area contributed by atoms with Gasteiger partial charge in [-0.25, -0.2) is 14.6 Å². The molecule has 0 radical (unpaired) electrons. The molecule has 2 aliphatic carbocycles. The summed E-state index contributed by atoms with van der Waals surface area (Å²) in [5.74, 6) is 2.32. The SMILES string of the molecule is CC(C1CCCN1C)n1ncc2c(N3CCNC4(COC4)C3)nc(-c3noc4c3CCCC43CCCc4ccc(N)c(C#N)c43)nc21. The molecule has 3 aliphatic heterocycles. The van der Waals surface area contributed by atoms with E-state index in [1.165, 1.54) is 12.0 Å². The van der Waals surface area contributed by atoms with Crippen molar-refractivity contribution in [2.75, 3.05) is 57.1 Å². The number of fused-ring (bicyclic) bond motifs is 5. The number of benzene rings is 1. The highest BCUT2D eigenvalue weighted by atomic mass is 16.5. The number of nitrogen functional groups attached to an aromatic ring is 1. The van der Waals surface area contributed by atoms with Gasteiger partial charge in [0, 0.05) is 36.9 Å². The Morgan fingerprint density at radius 3 is 2.74 bits per heavy atom. The Morgan fingerprint density at radius 1 is 1.13 bits per heavy atom. The lowest BCUT2D eigenvalue weighted by Crippen LogP contribution is -2.70. The van der Waals surface area contributed by atoms with Crippen LogP contribution in [0.3, 0.4) is 0 Å². The molecule has 9 rings (SSSR count). The zero-order chi connectivity index (χ0) is 31.9. The summed E-state index contributed by atoms with van der Waals surface area (Å²) in [5, 5.41) is 24.6. The average Bonchev–Trinajstić information content (AvgIpc) is 3.82. The van der Waals surface area contributed by atoms with E-state index in [2.05, 4.69) is 45.9 Å². The van der Waals surface area contributed by atoms with Crippen LogP contribution in [-0.2, 0) is 23.0 Å². The van der Waals surface area contributed by atoms with Crippen LogP contribution in [0.1, 0.15) is 79.5 Å². The number of likely N-dealkylation sites (tertiary alicyclic amines) is 1. The Bertz CT molecular complexity index is 1920. The highest BCUT2D eigenvalue weighted by Crippen LogP contribution is 2.53. The number of nitrogens with two attached hydrogens (primary N) is 1. The minimum atomic E-state index is -0.432. The van der Waals surface area contributed by atoms with Crippen molar-refractivity contribution in [2.24, 2.45) is 0 Å². The van der Waals surface area contributed by atoms with Crippen LogP contribution in [0.25, 0.3) is 22.6 Å². The van der Waals surface area contributed by atoms with E-state index in [-0.39, 0.29) is 11.6 Å². The average molecular weight is 635 g/mol. The smallest absolute Gasteiger partial charge is 0.186 e. The van der Waals surface area contributed by atoms with Crippen LogP contribution in [0.5, 0.6) is 0 Å². The number of anilines is 2. The molecule has 0 amide bonds. The Kier molecular flexibility index (Phi) is 6.65. The van der Waals surface area contributed by atoms with E-state index in [1.54, 1.807) is 0 Å². The number of piperazine rings is 1. The predicted octanol–water partition coefficient (Wildman–Crippen LogP) is 3.73. The maximum absolute atomic E-state index is 10.3. The van der Waals surface area contributed by atoms with Gasteiger partial charge in [0.25, 0.3) is 0 Å². The van der Waals surface area contributed by atoms with Gasteiger partial charge in [-0.2, -0.15) is 10.4 Å². The number of nitrogens with zero attached hydrogens (tertiary/aromatic N) is 8. The fourth-order valence-corrected chi connectivity index (χ4v) is 9.44. The van der Waals surface area contributed by atoms with E-state index >= 15 is 0 Å². The summed E-state index contributed by atoms with van der Waals surface area (Å²) in [6.45, 7) is 7.24. The number of hydrogen-bond donors (Lipinski definition) is 2. The van der Waals surface area contributed by atoms with Crippen molar-refractivity contribution in [3.63, 3.8) is 0 Å². The normalized spacial score (nSPS) is 25.9. The zero-order valence-corrected chi connectivity index (χ0v) is 27.3. The van der Waals surface area contributed by atoms with Crippen LogP contribution < -0.4 is 16.0 Å². The van der Waals surface area contributed by atoms with Crippen LogP contribution in [-0.4, -0.2) is 87.8 Å². The summed E-state index contributed by atoms with van der Waals surface area (Å²) >= 11 is 0. The van der Waals surface area contributed by atoms with Gasteiger partial charge in [-0.15, -0.1) is 0 Å². The number of hydrogen-bond acceptors (Lipinski definition) is 11. The van der Waals surface area contributed by atoms with Crippen molar-refractivity contribution in [1.82, 2.24) is 35.1 Å².